The Morgan fingerprint density at radius 2 is 2.50 bits per heavy atom. The van der Waals surface area contributed by atoms with Gasteiger partial charge in [0.2, 0.25) is 12.2 Å². The lowest BCUT2D eigenvalue weighted by Crippen LogP contribution is -2.25. The topological polar surface area (TPSA) is 46.2 Å². The highest BCUT2D eigenvalue weighted by molar-refractivity contribution is 5.83. The lowest BCUT2D eigenvalue weighted by Gasteiger charge is -1.93. The zero-order valence-corrected chi connectivity index (χ0v) is 4.31. The van der Waals surface area contributed by atoms with Crippen molar-refractivity contribution in [2.75, 3.05) is 0 Å². The van der Waals surface area contributed by atoms with E-state index in [0.717, 1.165) is 0 Å². The van der Waals surface area contributed by atoms with Crippen LogP contribution in [0.15, 0.2) is 0 Å². The smallest absolute Gasteiger partial charge is 0.222 e. The van der Waals surface area contributed by atoms with E-state index in [1.807, 2.05) is 0 Å². The van der Waals surface area contributed by atoms with Gasteiger partial charge in [-0.25, -0.2) is 0 Å². The number of carbonyl (C=O) groups excluding carboxylic acids is 2. The van der Waals surface area contributed by atoms with Gasteiger partial charge in [0.25, 0.3) is 0 Å². The van der Waals surface area contributed by atoms with Gasteiger partial charge in [-0.05, 0) is 6.42 Å². The van der Waals surface area contributed by atoms with E-state index in [1.54, 1.807) is 6.29 Å². The van der Waals surface area contributed by atoms with E-state index in [9.17, 15) is 9.59 Å². The van der Waals surface area contributed by atoms with Crippen molar-refractivity contribution in [2.45, 2.75) is 18.9 Å². The Balaban J connectivity index is 2.43. The molecule has 3 heteroatoms. The summed E-state index contributed by atoms with van der Waals surface area (Å²) in [5.41, 5.74) is 0. The van der Waals surface area contributed by atoms with Crippen LogP contribution in [0, 0.1) is 0 Å². The van der Waals surface area contributed by atoms with Crippen LogP contribution < -0.4 is 5.32 Å². The van der Waals surface area contributed by atoms with Gasteiger partial charge in [0.15, 0.2) is 0 Å². The molecule has 0 aliphatic carbocycles. The maximum Gasteiger partial charge on any atom is 0.222 e. The van der Waals surface area contributed by atoms with Gasteiger partial charge in [0.1, 0.15) is 0 Å². The first-order valence-electron chi connectivity index (χ1n) is 2.50. The average molecular weight is 112 g/mol. The third-order valence-corrected chi connectivity index (χ3v) is 1.14. The van der Waals surface area contributed by atoms with E-state index in [0.29, 0.717) is 12.8 Å². The van der Waals surface area contributed by atoms with E-state index in [-0.39, 0.29) is 11.9 Å². The second kappa shape index (κ2) is 1.94. The van der Waals surface area contributed by atoms with Gasteiger partial charge in [0, 0.05) is 6.42 Å². The number of nitrogens with one attached hydrogen (secondary N) is 1. The molecule has 1 atom stereocenters. The lowest BCUT2D eigenvalue weighted by atomic mass is 10.2. The summed E-state index contributed by atoms with van der Waals surface area (Å²) >= 11 is 0. The predicted octanol–water partition coefficient (Wildman–Crippen LogP) is -0.625. The second-order valence-electron chi connectivity index (χ2n) is 1.78. The van der Waals surface area contributed by atoms with Crippen molar-refractivity contribution in [3.05, 3.63) is 0 Å². The molecule has 1 aliphatic rings. The lowest BCUT2D eigenvalue weighted by molar-refractivity contribution is -0.119. The molecule has 1 rings (SSSR count). The summed E-state index contributed by atoms with van der Waals surface area (Å²) in [6.07, 6.45) is 2.80. The fraction of sp³-hybridized carbons (Fsp3) is 0.600. The van der Waals surface area contributed by atoms with Crippen LogP contribution in [0.25, 0.3) is 0 Å². The van der Waals surface area contributed by atoms with E-state index in [1.165, 1.54) is 0 Å². The molecule has 0 aromatic heterocycles. The summed E-state index contributed by atoms with van der Waals surface area (Å²) in [6.45, 7) is 0. The average Bonchev–Trinajstić information content (AvgIpc) is 2.14. The summed E-state index contributed by atoms with van der Waals surface area (Å²) in [5.74, 6) is -0.0432. The molecule has 8 heavy (non-hydrogen) atoms. The Kier molecular flexibility index (Phi) is 1.28. The zero-order chi connectivity index (χ0) is 5.98. The van der Waals surface area contributed by atoms with Crippen LogP contribution in [-0.4, -0.2) is 18.2 Å². The van der Waals surface area contributed by atoms with Crippen molar-refractivity contribution in [3.63, 3.8) is 0 Å². The van der Waals surface area contributed by atoms with Crippen LogP contribution in [0.5, 0.6) is 0 Å². The molecule has 3 nitrogen and oxygen atoms in total. The Hall–Kier alpha value is -0.860. The Morgan fingerprint density at radius 3 is 2.75 bits per heavy atom. The highest BCUT2D eigenvalue weighted by Gasteiger charge is 2.19. The normalized spacial score (nSPS) is 27.5. The van der Waals surface area contributed by atoms with Crippen LogP contribution in [0.3, 0.4) is 0 Å². The van der Waals surface area contributed by atoms with Gasteiger partial charge in [-0.15, -0.1) is 0 Å². The molecular weight excluding hydrogens is 106 g/mol. The molecule has 0 aromatic rings. The Labute approximate surface area is 47.1 Å². The minimum absolute atomic E-state index is 0.0432. The molecule has 1 heterocycles. The quantitative estimate of drug-likeness (QED) is 0.491. The molecule has 0 saturated carbocycles. The van der Waals surface area contributed by atoms with Crippen LogP contribution in [0.2, 0.25) is 0 Å². The summed E-state index contributed by atoms with van der Waals surface area (Å²) < 4.78 is 0. The third-order valence-electron chi connectivity index (χ3n) is 1.14. The van der Waals surface area contributed by atoms with Gasteiger partial charge in [-0.2, -0.15) is 0 Å². The Bertz CT molecular complexity index is 122. The van der Waals surface area contributed by atoms with E-state index < -0.39 is 0 Å². The van der Waals surface area contributed by atoms with Crippen molar-refractivity contribution >= 4 is 12.2 Å². The number of carbonyl (C=O) groups is 1. The summed E-state index contributed by atoms with van der Waals surface area (Å²) in [5, 5.41) is 2.44. The van der Waals surface area contributed by atoms with Crippen LogP contribution in [0.4, 0.5) is 0 Å². The van der Waals surface area contributed by atoms with E-state index in [2.05, 4.69) is 5.32 Å². The largest absolute Gasteiger partial charge is 0.346 e. The first kappa shape index (κ1) is 5.28. The molecule has 1 radical (unpaired) electrons. The molecular formula is C5H6NO2. The van der Waals surface area contributed by atoms with Crippen molar-refractivity contribution in [2.24, 2.45) is 0 Å². The molecule has 1 saturated heterocycles. The zero-order valence-electron chi connectivity index (χ0n) is 4.31. The van der Waals surface area contributed by atoms with Crippen molar-refractivity contribution in [1.82, 2.24) is 5.32 Å². The SMILES string of the molecule is O=[C]C1CCC(=O)N1. The highest BCUT2D eigenvalue weighted by atomic mass is 16.2. The molecule has 43 valence electrons. The molecule has 1 unspecified atom stereocenters. The van der Waals surface area contributed by atoms with Gasteiger partial charge >= 0.3 is 0 Å². The molecule has 0 spiro atoms. The number of hydrogen-bond donors (Lipinski definition) is 1. The van der Waals surface area contributed by atoms with Crippen molar-refractivity contribution < 1.29 is 9.59 Å². The second-order valence-corrected chi connectivity index (χ2v) is 1.78. The molecule has 1 amide bonds. The number of rotatable bonds is 1. The molecule has 1 fully saturated rings. The van der Waals surface area contributed by atoms with Crippen LogP contribution in [-0.2, 0) is 9.59 Å². The van der Waals surface area contributed by atoms with E-state index >= 15 is 0 Å². The first-order valence-corrected chi connectivity index (χ1v) is 2.50. The predicted molar refractivity (Wildman–Crippen MR) is 26.9 cm³/mol. The molecule has 1 aliphatic heterocycles. The standard InChI is InChI=1S/C5H6NO2/c7-3-4-1-2-5(8)6-4/h4H,1-2H2,(H,6,8). The molecule has 0 aromatic carbocycles. The minimum Gasteiger partial charge on any atom is -0.346 e. The fourth-order valence-electron chi connectivity index (χ4n) is 0.702. The van der Waals surface area contributed by atoms with Gasteiger partial charge in [0.05, 0.1) is 6.04 Å². The number of hydrogen-bond acceptors (Lipinski definition) is 2. The summed E-state index contributed by atoms with van der Waals surface area (Å²) in [6, 6.07) is -0.331. The maximum absolute atomic E-state index is 10.3. The Morgan fingerprint density at radius 1 is 1.75 bits per heavy atom. The van der Waals surface area contributed by atoms with Crippen LogP contribution in [0.1, 0.15) is 12.8 Å². The van der Waals surface area contributed by atoms with Gasteiger partial charge < -0.3 is 5.32 Å². The van der Waals surface area contributed by atoms with E-state index in [4.69, 9.17) is 0 Å². The fourth-order valence-corrected chi connectivity index (χ4v) is 0.702. The van der Waals surface area contributed by atoms with Gasteiger partial charge in [-0.1, -0.05) is 0 Å². The minimum atomic E-state index is -0.331. The van der Waals surface area contributed by atoms with Crippen molar-refractivity contribution in [3.8, 4) is 0 Å². The third kappa shape index (κ3) is 0.857. The molecule has 1 N–H and O–H groups in total. The van der Waals surface area contributed by atoms with Gasteiger partial charge in [-0.3, -0.25) is 9.59 Å². The first-order chi connectivity index (χ1) is 3.83. The number of amides is 1. The summed E-state index contributed by atoms with van der Waals surface area (Å²) in [4.78, 5) is 20.1. The van der Waals surface area contributed by atoms with Crippen LogP contribution >= 0.6 is 0 Å². The maximum atomic E-state index is 10.3. The van der Waals surface area contributed by atoms with Crippen molar-refractivity contribution in [1.29, 1.82) is 0 Å². The monoisotopic (exact) mass is 112 g/mol. The summed E-state index contributed by atoms with van der Waals surface area (Å²) in [7, 11) is 0. The highest BCUT2D eigenvalue weighted by Crippen LogP contribution is 2.02. The molecule has 0 bridgehead atoms.